The van der Waals surface area contributed by atoms with E-state index in [1.807, 2.05) is 32.9 Å². The number of aliphatic hydroxyl groups excluding tert-OH is 2. The third kappa shape index (κ3) is 11.3. The molecule has 3 N–H and O–H groups in total. The number of ether oxygens (including phenoxy) is 5. The van der Waals surface area contributed by atoms with Gasteiger partial charge in [0.05, 0.1) is 30.5 Å². The van der Waals surface area contributed by atoms with Crippen molar-refractivity contribution >= 4 is 23.4 Å². The Bertz CT molecular complexity index is 1480. The number of cyclic esters (lactones) is 1. The first-order valence-electron chi connectivity index (χ1n) is 20.9. The Balaban J connectivity index is 1.78. The lowest BCUT2D eigenvalue weighted by molar-refractivity contribution is -0.302. The molecular formula is C44H69NO12. The van der Waals surface area contributed by atoms with Crippen LogP contribution in [0.1, 0.15) is 105 Å². The number of carbonyl (C=O) groups excluding carboxylic acids is 4. The third-order valence-electron chi connectivity index (χ3n) is 12.9. The summed E-state index contributed by atoms with van der Waals surface area (Å²) in [5.41, 5.74) is 1.61. The van der Waals surface area contributed by atoms with Crippen LogP contribution in [0.5, 0.6) is 0 Å². The topological polar surface area (TPSA) is 178 Å². The van der Waals surface area contributed by atoms with Crippen molar-refractivity contribution in [3.05, 3.63) is 36.0 Å². The average Bonchev–Trinajstić information content (AvgIpc) is 3.18. The Morgan fingerprint density at radius 2 is 1.60 bits per heavy atom. The molecule has 0 spiro atoms. The predicted molar refractivity (Wildman–Crippen MR) is 213 cm³/mol. The number of aliphatic hydroxyl groups is 3. The fraction of sp³-hybridized carbons (Fsp3) is 0.773. The molecule has 3 aliphatic heterocycles. The molecule has 1 saturated carbocycles. The van der Waals surface area contributed by atoms with Gasteiger partial charge in [-0.1, -0.05) is 44.6 Å². The van der Waals surface area contributed by atoms with E-state index in [2.05, 4.69) is 6.58 Å². The van der Waals surface area contributed by atoms with Gasteiger partial charge in [-0.3, -0.25) is 14.4 Å². The number of amides is 1. The SMILES string of the molecule is C=CC[C@@H]1/C=C(\C)C[C@H](C)C[C@H](OC)[C@H]2O[C@@](O)(C(=O)C(=O)N3CCCC[C@H]3C(=O)OC(/C(C)=C/[C@@H]3CC[C@@H](O)[C@H](OC)C3)[C@H](C)[C@@H](O)CC1=O)[C@H](C)C[C@@H]2OC. The molecule has 0 aromatic rings. The molecule has 0 aromatic carbocycles. The van der Waals surface area contributed by atoms with Crippen LogP contribution in [0, 0.1) is 29.6 Å². The van der Waals surface area contributed by atoms with Crippen LogP contribution in [-0.2, 0) is 42.9 Å². The van der Waals surface area contributed by atoms with Gasteiger partial charge in [-0.05, 0) is 95.5 Å². The van der Waals surface area contributed by atoms with Crippen LogP contribution in [0.15, 0.2) is 36.0 Å². The molecule has 4 rings (SSSR count). The van der Waals surface area contributed by atoms with Gasteiger partial charge in [0.1, 0.15) is 24.0 Å². The Labute approximate surface area is 339 Å². The van der Waals surface area contributed by atoms with Crippen LogP contribution in [0.4, 0.5) is 0 Å². The number of hydrogen-bond acceptors (Lipinski definition) is 12. The van der Waals surface area contributed by atoms with E-state index in [1.54, 1.807) is 27.0 Å². The standard InChI is InChI=1S/C44H69NO12/c1-10-13-31-19-25(2)18-26(3)20-37(54-8)40-38(55-9)22-28(5)44(52,57-40)41(49)42(50)45-17-12-11-14-32(45)43(51)56-39(29(6)34(47)24-35(31)48)27(4)21-30-15-16-33(46)36(23-30)53-7/h10,19,21,26,28-34,36-40,46-47,52H,1,11-18,20,22-24H2,2-9H3/b25-19+,27-21+/t26-,28+,29+,30-,31+,32-,33+,34-,36+,37-,38-,39?,40+,44+/m0/s1. The van der Waals surface area contributed by atoms with Gasteiger partial charge in [-0.2, -0.15) is 0 Å². The number of hydrogen-bond donors (Lipinski definition) is 3. The highest BCUT2D eigenvalue weighted by Crippen LogP contribution is 2.39. The highest BCUT2D eigenvalue weighted by Gasteiger charge is 2.56. The van der Waals surface area contributed by atoms with Crippen molar-refractivity contribution in [2.75, 3.05) is 27.9 Å². The van der Waals surface area contributed by atoms with Gasteiger partial charge in [0.25, 0.3) is 11.7 Å². The molecule has 1 aliphatic carbocycles. The third-order valence-corrected chi connectivity index (χ3v) is 12.9. The zero-order chi connectivity index (χ0) is 42.2. The first-order chi connectivity index (χ1) is 27.0. The van der Waals surface area contributed by atoms with Crippen molar-refractivity contribution in [1.29, 1.82) is 0 Å². The minimum Gasteiger partial charge on any atom is -0.456 e. The summed E-state index contributed by atoms with van der Waals surface area (Å²) in [4.78, 5) is 57.8. The van der Waals surface area contributed by atoms with Crippen LogP contribution >= 0.6 is 0 Å². The summed E-state index contributed by atoms with van der Waals surface area (Å²) in [5.74, 6) is -7.76. The van der Waals surface area contributed by atoms with Gasteiger partial charge < -0.3 is 43.9 Å². The maximum atomic E-state index is 14.3. The lowest BCUT2D eigenvalue weighted by Crippen LogP contribution is -2.64. The van der Waals surface area contributed by atoms with E-state index < -0.39 is 83.9 Å². The number of methoxy groups -OCH3 is 3. The number of rotatable bonds is 7. The van der Waals surface area contributed by atoms with Crippen molar-refractivity contribution in [2.45, 2.75) is 160 Å². The molecule has 13 nitrogen and oxygen atoms in total. The van der Waals surface area contributed by atoms with Crippen molar-refractivity contribution in [1.82, 2.24) is 4.90 Å². The largest absolute Gasteiger partial charge is 0.456 e. The lowest BCUT2D eigenvalue weighted by Gasteiger charge is -2.47. The molecule has 57 heavy (non-hydrogen) atoms. The first-order valence-corrected chi connectivity index (χ1v) is 20.9. The normalized spacial score (nSPS) is 41.0. The molecule has 1 unspecified atom stereocenters. The second-order valence-electron chi connectivity index (χ2n) is 17.3. The van der Waals surface area contributed by atoms with Crippen LogP contribution in [0.3, 0.4) is 0 Å². The summed E-state index contributed by atoms with van der Waals surface area (Å²) in [5, 5.41) is 34.1. The number of nitrogens with zero attached hydrogens (tertiary/aromatic N) is 1. The highest BCUT2D eigenvalue weighted by molar-refractivity contribution is 6.39. The van der Waals surface area contributed by atoms with Crippen LogP contribution in [0.2, 0.25) is 0 Å². The van der Waals surface area contributed by atoms with Gasteiger partial charge in [-0.25, -0.2) is 4.79 Å². The lowest BCUT2D eigenvalue weighted by atomic mass is 9.81. The summed E-state index contributed by atoms with van der Waals surface area (Å²) in [7, 11) is 4.61. The van der Waals surface area contributed by atoms with E-state index in [0.29, 0.717) is 56.9 Å². The number of esters is 1. The number of Topliss-reactive ketones (excluding diaryl/α,β-unsaturated/α-hetero) is 2. The van der Waals surface area contributed by atoms with Gasteiger partial charge >= 0.3 is 5.97 Å². The van der Waals surface area contributed by atoms with E-state index in [9.17, 15) is 34.5 Å². The van der Waals surface area contributed by atoms with Gasteiger partial charge in [0, 0.05) is 52.0 Å². The van der Waals surface area contributed by atoms with Crippen molar-refractivity contribution < 1.29 is 58.2 Å². The Morgan fingerprint density at radius 3 is 2.25 bits per heavy atom. The summed E-state index contributed by atoms with van der Waals surface area (Å²) in [6.07, 6.45) is 4.93. The molecule has 0 radical (unpaired) electrons. The highest BCUT2D eigenvalue weighted by atomic mass is 16.7. The molecular weight excluding hydrogens is 734 g/mol. The monoisotopic (exact) mass is 803 g/mol. The summed E-state index contributed by atoms with van der Waals surface area (Å²) in [6.45, 7) is 13.1. The molecule has 322 valence electrons. The minimum absolute atomic E-state index is 0.00988. The van der Waals surface area contributed by atoms with Crippen molar-refractivity contribution in [3.63, 3.8) is 0 Å². The number of carbonyl (C=O) groups is 4. The Morgan fingerprint density at radius 1 is 0.930 bits per heavy atom. The van der Waals surface area contributed by atoms with Crippen molar-refractivity contribution in [2.24, 2.45) is 29.6 Å². The first kappa shape index (κ1) is 46.9. The maximum absolute atomic E-state index is 14.3. The number of piperidine rings is 1. The van der Waals surface area contributed by atoms with E-state index in [4.69, 9.17) is 23.7 Å². The summed E-state index contributed by atoms with van der Waals surface area (Å²) < 4.78 is 29.7. The molecule has 2 saturated heterocycles. The second-order valence-corrected chi connectivity index (χ2v) is 17.3. The summed E-state index contributed by atoms with van der Waals surface area (Å²) >= 11 is 0. The molecule has 1 amide bonds. The molecule has 4 aliphatic rings. The van der Waals surface area contributed by atoms with Gasteiger partial charge in [0.15, 0.2) is 0 Å². The quantitative estimate of drug-likeness (QED) is 0.185. The average molecular weight is 804 g/mol. The second kappa shape index (κ2) is 21.0. The van der Waals surface area contributed by atoms with Gasteiger partial charge in [0.2, 0.25) is 5.79 Å². The fourth-order valence-electron chi connectivity index (χ4n) is 9.42. The Kier molecular flexibility index (Phi) is 17.2. The van der Waals surface area contributed by atoms with E-state index in [1.165, 1.54) is 19.1 Å². The van der Waals surface area contributed by atoms with E-state index in [0.717, 1.165) is 5.57 Å². The zero-order valence-electron chi connectivity index (χ0n) is 35.4. The molecule has 3 fully saturated rings. The van der Waals surface area contributed by atoms with Crippen LogP contribution in [0.25, 0.3) is 0 Å². The molecule has 3 heterocycles. The zero-order valence-corrected chi connectivity index (χ0v) is 35.4. The van der Waals surface area contributed by atoms with Crippen LogP contribution < -0.4 is 0 Å². The predicted octanol–water partition coefficient (Wildman–Crippen LogP) is 4.64. The molecule has 14 atom stereocenters. The number of fused-ring (bicyclic) bond motifs is 3. The summed E-state index contributed by atoms with van der Waals surface area (Å²) in [6, 6.07) is -1.14. The number of ketones is 2. The number of allylic oxidation sites excluding steroid dienone is 4. The fourth-order valence-corrected chi connectivity index (χ4v) is 9.42. The molecule has 0 aromatic heterocycles. The maximum Gasteiger partial charge on any atom is 0.329 e. The van der Waals surface area contributed by atoms with E-state index >= 15 is 0 Å². The molecule has 2 bridgehead atoms. The van der Waals surface area contributed by atoms with E-state index in [-0.39, 0.29) is 49.5 Å². The minimum atomic E-state index is -2.51. The Hall–Kier alpha value is -2.78. The molecule has 13 heteroatoms. The van der Waals surface area contributed by atoms with Gasteiger partial charge in [-0.15, -0.1) is 6.58 Å². The smallest absolute Gasteiger partial charge is 0.329 e. The van der Waals surface area contributed by atoms with Crippen LogP contribution in [-0.4, -0.2) is 126 Å². The van der Waals surface area contributed by atoms with Crippen molar-refractivity contribution in [3.8, 4) is 0 Å².